The first-order chi connectivity index (χ1) is 7.70. The van der Waals surface area contributed by atoms with Gasteiger partial charge in [0.15, 0.2) is 0 Å². The highest BCUT2D eigenvalue weighted by Crippen LogP contribution is 2.21. The van der Waals surface area contributed by atoms with Crippen LogP contribution in [0.1, 0.15) is 35.9 Å². The number of rotatable bonds is 3. The van der Waals surface area contributed by atoms with Crippen molar-refractivity contribution < 1.29 is 19.2 Å². The molecule has 1 aliphatic rings. The van der Waals surface area contributed by atoms with Gasteiger partial charge in [-0.3, -0.25) is 0 Å². The molecule has 2 rings (SSSR count). The van der Waals surface area contributed by atoms with Gasteiger partial charge in [0.25, 0.3) is 5.82 Å². The zero-order valence-electron chi connectivity index (χ0n) is 8.84. The summed E-state index contributed by atoms with van der Waals surface area (Å²) in [5.74, 6) is -0.379. The summed E-state index contributed by atoms with van der Waals surface area (Å²) in [5, 5.41) is 15.8. The number of carbonyl (C=O) groups excluding carboxylic acids is 1. The molecule has 0 aliphatic carbocycles. The van der Waals surface area contributed by atoms with Crippen molar-refractivity contribution in [3.8, 4) is 0 Å². The molecule has 0 aromatic carbocycles. The highest BCUT2D eigenvalue weighted by atomic mass is 16.5. The smallest absolute Gasteiger partial charge is 0.379 e. The molecule has 1 fully saturated rings. The zero-order chi connectivity index (χ0) is 11.5. The molecule has 0 saturated carbocycles. The molecule has 2 atom stereocenters. The predicted octanol–water partition coefficient (Wildman–Crippen LogP) is -0.358. The van der Waals surface area contributed by atoms with E-state index in [1.165, 1.54) is 0 Å². The fourth-order valence-corrected chi connectivity index (χ4v) is 1.56. The van der Waals surface area contributed by atoms with E-state index in [0.29, 0.717) is 18.9 Å². The van der Waals surface area contributed by atoms with Crippen LogP contribution in [0.15, 0.2) is 4.52 Å². The molecule has 0 amide bonds. The molecule has 2 heterocycles. The first-order valence-electron chi connectivity index (χ1n) is 5.13. The van der Waals surface area contributed by atoms with Gasteiger partial charge in [0.05, 0.1) is 18.8 Å². The molecule has 1 aliphatic heterocycles. The number of hydrogen-bond donors (Lipinski definition) is 2. The lowest BCUT2D eigenvalue weighted by molar-refractivity contribution is 0.0508. The Balaban J connectivity index is 2.04. The van der Waals surface area contributed by atoms with Crippen LogP contribution in [0.3, 0.4) is 0 Å². The van der Waals surface area contributed by atoms with Crippen LogP contribution in [0.5, 0.6) is 0 Å². The second-order valence-corrected chi connectivity index (χ2v) is 3.53. The summed E-state index contributed by atoms with van der Waals surface area (Å²) < 4.78 is 9.66. The van der Waals surface area contributed by atoms with Crippen LogP contribution in [-0.2, 0) is 4.74 Å². The number of ether oxygens (including phenoxy) is 1. The first-order valence-corrected chi connectivity index (χ1v) is 5.13. The summed E-state index contributed by atoms with van der Waals surface area (Å²) in [4.78, 5) is 15.2. The lowest BCUT2D eigenvalue weighted by Crippen LogP contribution is -2.15. The number of nitrogens with one attached hydrogen (secondary N) is 1. The van der Waals surface area contributed by atoms with E-state index in [2.05, 4.69) is 15.5 Å². The Bertz CT molecular complexity index is 379. The number of aliphatic hydroxyl groups is 1. The van der Waals surface area contributed by atoms with E-state index >= 15 is 0 Å². The summed E-state index contributed by atoms with van der Waals surface area (Å²) in [5.41, 5.74) is 0. The van der Waals surface area contributed by atoms with Gasteiger partial charge in [-0.25, -0.2) is 4.79 Å². The van der Waals surface area contributed by atoms with E-state index in [-0.39, 0.29) is 18.5 Å². The molecule has 0 unspecified atom stereocenters. The van der Waals surface area contributed by atoms with Crippen molar-refractivity contribution in [1.29, 1.82) is 0 Å². The fraction of sp³-hybridized carbons (Fsp3) is 0.667. The maximum absolute atomic E-state index is 11.3. The molecule has 88 valence electrons. The van der Waals surface area contributed by atoms with Crippen LogP contribution in [0, 0.1) is 0 Å². The molecular formula is C9H13N3O4. The average Bonchev–Trinajstić information content (AvgIpc) is 2.85. The lowest BCUT2D eigenvalue weighted by Gasteiger charge is -2.01. The van der Waals surface area contributed by atoms with Gasteiger partial charge in [-0.1, -0.05) is 0 Å². The maximum atomic E-state index is 11.3. The lowest BCUT2D eigenvalue weighted by atomic mass is 10.2. The van der Waals surface area contributed by atoms with E-state index in [0.717, 1.165) is 0 Å². The van der Waals surface area contributed by atoms with Gasteiger partial charge in [0.2, 0.25) is 5.89 Å². The second-order valence-electron chi connectivity index (χ2n) is 3.53. The number of β-amino-alcohol motifs (C(OH)–C–C–N with tert-alkyl or cyclic N) is 1. The molecule has 1 aromatic rings. The summed E-state index contributed by atoms with van der Waals surface area (Å²) >= 11 is 0. The highest BCUT2D eigenvalue weighted by Gasteiger charge is 2.29. The Morgan fingerprint density at radius 1 is 1.75 bits per heavy atom. The Labute approximate surface area is 91.8 Å². The van der Waals surface area contributed by atoms with Gasteiger partial charge in [0.1, 0.15) is 0 Å². The van der Waals surface area contributed by atoms with E-state index in [9.17, 15) is 9.90 Å². The van der Waals surface area contributed by atoms with Crippen molar-refractivity contribution in [2.24, 2.45) is 0 Å². The van der Waals surface area contributed by atoms with Crippen molar-refractivity contribution in [2.75, 3.05) is 13.2 Å². The molecule has 7 nitrogen and oxygen atoms in total. The minimum atomic E-state index is -0.601. The van der Waals surface area contributed by atoms with Gasteiger partial charge >= 0.3 is 5.97 Å². The summed E-state index contributed by atoms with van der Waals surface area (Å²) in [6, 6.07) is -0.189. The van der Waals surface area contributed by atoms with Crippen molar-refractivity contribution in [1.82, 2.24) is 15.5 Å². The molecule has 1 aromatic heterocycles. The van der Waals surface area contributed by atoms with Crippen LogP contribution in [0.4, 0.5) is 0 Å². The monoisotopic (exact) mass is 227 g/mol. The molecular weight excluding hydrogens is 214 g/mol. The molecule has 0 spiro atoms. The minimum absolute atomic E-state index is 0.0833. The zero-order valence-corrected chi connectivity index (χ0v) is 8.84. The fourth-order valence-electron chi connectivity index (χ4n) is 1.56. The first kappa shape index (κ1) is 11.0. The number of nitrogens with zero attached hydrogens (tertiary/aromatic N) is 2. The quantitative estimate of drug-likeness (QED) is 0.680. The SMILES string of the molecule is CCOC(=O)c1noc([C@H]2C[C@H](O)CN2)n1. The van der Waals surface area contributed by atoms with Crippen LogP contribution in [0.2, 0.25) is 0 Å². The number of aliphatic hydroxyl groups excluding tert-OH is 1. The Hall–Kier alpha value is -1.47. The van der Waals surface area contributed by atoms with E-state index in [1.54, 1.807) is 6.92 Å². The summed E-state index contributed by atoms with van der Waals surface area (Å²) in [7, 11) is 0. The molecule has 0 bridgehead atoms. The van der Waals surface area contributed by atoms with Gasteiger partial charge in [-0.2, -0.15) is 4.98 Å². The van der Waals surface area contributed by atoms with Gasteiger partial charge in [-0.15, -0.1) is 0 Å². The molecule has 1 saturated heterocycles. The third-order valence-electron chi connectivity index (χ3n) is 2.31. The van der Waals surface area contributed by atoms with E-state index < -0.39 is 12.1 Å². The third-order valence-corrected chi connectivity index (χ3v) is 2.31. The Morgan fingerprint density at radius 3 is 3.19 bits per heavy atom. The second kappa shape index (κ2) is 4.58. The van der Waals surface area contributed by atoms with Crippen molar-refractivity contribution in [2.45, 2.75) is 25.5 Å². The van der Waals surface area contributed by atoms with E-state index in [1.807, 2.05) is 0 Å². The number of hydrogen-bond acceptors (Lipinski definition) is 7. The number of aromatic nitrogens is 2. The molecule has 7 heteroatoms. The Morgan fingerprint density at radius 2 is 2.56 bits per heavy atom. The van der Waals surface area contributed by atoms with Gasteiger partial charge in [0, 0.05) is 6.54 Å². The standard InChI is InChI=1S/C9H13N3O4/c1-2-15-9(14)7-11-8(16-12-7)6-3-5(13)4-10-6/h5-6,10,13H,2-4H2,1H3/t5-,6+/m0/s1. The van der Waals surface area contributed by atoms with Crippen molar-refractivity contribution in [3.05, 3.63) is 11.7 Å². The summed E-state index contributed by atoms with van der Waals surface area (Å²) in [6.45, 7) is 2.46. The molecule has 0 radical (unpaired) electrons. The number of carbonyl (C=O) groups is 1. The maximum Gasteiger partial charge on any atom is 0.379 e. The number of esters is 1. The highest BCUT2D eigenvalue weighted by molar-refractivity contribution is 5.84. The van der Waals surface area contributed by atoms with Crippen LogP contribution >= 0.6 is 0 Å². The van der Waals surface area contributed by atoms with Crippen LogP contribution < -0.4 is 5.32 Å². The van der Waals surface area contributed by atoms with Gasteiger partial charge < -0.3 is 19.7 Å². The van der Waals surface area contributed by atoms with Crippen LogP contribution in [-0.4, -0.2) is 40.5 Å². The Kier molecular flexibility index (Phi) is 3.16. The largest absolute Gasteiger partial charge is 0.460 e. The molecule has 16 heavy (non-hydrogen) atoms. The average molecular weight is 227 g/mol. The van der Waals surface area contributed by atoms with Crippen LogP contribution in [0.25, 0.3) is 0 Å². The minimum Gasteiger partial charge on any atom is -0.460 e. The topological polar surface area (TPSA) is 97.5 Å². The predicted molar refractivity (Wildman–Crippen MR) is 51.6 cm³/mol. The van der Waals surface area contributed by atoms with Gasteiger partial charge in [-0.05, 0) is 18.5 Å². The van der Waals surface area contributed by atoms with E-state index in [4.69, 9.17) is 9.26 Å². The normalized spacial score (nSPS) is 24.6. The summed E-state index contributed by atoms with van der Waals surface area (Å²) in [6.07, 6.45) is 0.0905. The van der Waals surface area contributed by atoms with Crippen molar-refractivity contribution >= 4 is 5.97 Å². The van der Waals surface area contributed by atoms with Crippen molar-refractivity contribution in [3.63, 3.8) is 0 Å². The third kappa shape index (κ3) is 2.20. The molecule has 2 N–H and O–H groups in total.